The summed E-state index contributed by atoms with van der Waals surface area (Å²) in [6, 6.07) is 9.46. The van der Waals surface area contributed by atoms with Crippen LogP contribution in [-0.2, 0) is 12.8 Å². The van der Waals surface area contributed by atoms with Gasteiger partial charge in [0.25, 0.3) is 0 Å². The predicted molar refractivity (Wildman–Crippen MR) is 67.7 cm³/mol. The van der Waals surface area contributed by atoms with Crippen LogP contribution in [0.5, 0.6) is 0 Å². The van der Waals surface area contributed by atoms with E-state index < -0.39 is 5.97 Å². The van der Waals surface area contributed by atoms with Crippen LogP contribution >= 0.6 is 0 Å². The van der Waals surface area contributed by atoms with Gasteiger partial charge in [0.05, 0.1) is 0 Å². The van der Waals surface area contributed by atoms with Gasteiger partial charge in [0, 0.05) is 17.5 Å². The number of rotatable bonds is 2. The van der Waals surface area contributed by atoms with E-state index in [0.717, 1.165) is 42.6 Å². The van der Waals surface area contributed by atoms with Gasteiger partial charge in [0.15, 0.2) is 0 Å². The van der Waals surface area contributed by atoms with Crippen LogP contribution in [0.3, 0.4) is 0 Å². The quantitative estimate of drug-likeness (QED) is 0.876. The van der Waals surface area contributed by atoms with E-state index in [1.807, 2.05) is 30.3 Å². The highest BCUT2D eigenvalue weighted by Crippen LogP contribution is 2.35. The average Bonchev–Trinajstić information content (AvgIpc) is 2.79. The summed E-state index contributed by atoms with van der Waals surface area (Å²) in [7, 11) is 0. The molecular weight excluding hydrogens is 228 g/mol. The Labute approximate surface area is 105 Å². The third-order valence-corrected chi connectivity index (χ3v) is 3.42. The molecule has 0 fully saturated rings. The summed E-state index contributed by atoms with van der Waals surface area (Å²) in [5.74, 6) is 0.480. The van der Waals surface area contributed by atoms with Crippen molar-refractivity contribution in [3.8, 4) is 11.3 Å². The van der Waals surface area contributed by atoms with Gasteiger partial charge >= 0.3 is 5.97 Å². The van der Waals surface area contributed by atoms with Crippen molar-refractivity contribution in [2.75, 3.05) is 0 Å². The second-order valence-corrected chi connectivity index (χ2v) is 4.59. The Bertz CT molecular complexity index is 581. The topological polar surface area (TPSA) is 50.4 Å². The predicted octanol–water partition coefficient (Wildman–Crippen LogP) is 3.52. The Morgan fingerprint density at radius 3 is 2.56 bits per heavy atom. The van der Waals surface area contributed by atoms with Crippen LogP contribution < -0.4 is 0 Å². The summed E-state index contributed by atoms with van der Waals surface area (Å²) < 4.78 is 5.80. The van der Waals surface area contributed by atoms with E-state index >= 15 is 0 Å². The maximum Gasteiger partial charge on any atom is 0.339 e. The van der Waals surface area contributed by atoms with Crippen LogP contribution in [0.1, 0.15) is 34.5 Å². The Morgan fingerprint density at radius 1 is 1.11 bits per heavy atom. The molecule has 0 spiro atoms. The van der Waals surface area contributed by atoms with Gasteiger partial charge in [0.1, 0.15) is 17.1 Å². The minimum Gasteiger partial charge on any atom is -0.478 e. The summed E-state index contributed by atoms with van der Waals surface area (Å²) in [4.78, 5) is 11.5. The number of carboxylic acid groups (broad SMARTS) is 1. The van der Waals surface area contributed by atoms with E-state index in [9.17, 15) is 9.90 Å². The van der Waals surface area contributed by atoms with Crippen LogP contribution in [0.25, 0.3) is 11.3 Å². The van der Waals surface area contributed by atoms with E-state index in [-0.39, 0.29) is 0 Å². The van der Waals surface area contributed by atoms with E-state index in [4.69, 9.17) is 4.42 Å². The first-order valence-electron chi connectivity index (χ1n) is 6.20. The van der Waals surface area contributed by atoms with Crippen molar-refractivity contribution in [1.82, 2.24) is 0 Å². The van der Waals surface area contributed by atoms with Gasteiger partial charge < -0.3 is 9.52 Å². The van der Waals surface area contributed by atoms with E-state index in [1.54, 1.807) is 0 Å². The fourth-order valence-corrected chi connectivity index (χ4v) is 2.58. The first-order valence-corrected chi connectivity index (χ1v) is 6.20. The summed E-state index contributed by atoms with van der Waals surface area (Å²) in [5.41, 5.74) is 2.09. The van der Waals surface area contributed by atoms with Gasteiger partial charge in [-0.3, -0.25) is 0 Å². The number of hydrogen-bond donors (Lipinski definition) is 1. The maximum absolute atomic E-state index is 11.5. The van der Waals surface area contributed by atoms with Crippen LogP contribution in [0.2, 0.25) is 0 Å². The standard InChI is InChI=1S/C15H14O3/c16-15(17)13-11-8-4-5-9-12(11)18-14(13)10-6-2-1-3-7-10/h1-3,6-7H,4-5,8-9H2,(H,16,17). The Balaban J connectivity index is 2.20. The molecule has 92 valence electrons. The van der Waals surface area contributed by atoms with Gasteiger partial charge in [-0.1, -0.05) is 30.3 Å². The van der Waals surface area contributed by atoms with E-state index in [2.05, 4.69) is 0 Å². The van der Waals surface area contributed by atoms with Crippen LogP contribution in [0, 0.1) is 0 Å². The van der Waals surface area contributed by atoms with Crippen molar-refractivity contribution in [1.29, 1.82) is 0 Å². The van der Waals surface area contributed by atoms with Crippen LogP contribution in [0.4, 0.5) is 0 Å². The molecule has 18 heavy (non-hydrogen) atoms. The lowest BCUT2D eigenvalue weighted by Gasteiger charge is -2.08. The van der Waals surface area contributed by atoms with Crippen LogP contribution in [0.15, 0.2) is 34.7 Å². The fraction of sp³-hybridized carbons (Fsp3) is 0.267. The molecule has 3 heteroatoms. The zero-order chi connectivity index (χ0) is 12.5. The first kappa shape index (κ1) is 11.1. The number of carbonyl (C=O) groups is 1. The molecule has 1 aliphatic rings. The van der Waals surface area contributed by atoms with Gasteiger partial charge in [-0.05, 0) is 19.3 Å². The summed E-state index contributed by atoms with van der Waals surface area (Å²) in [6.45, 7) is 0. The number of aromatic carboxylic acids is 1. The molecule has 3 nitrogen and oxygen atoms in total. The SMILES string of the molecule is O=C(O)c1c(-c2ccccc2)oc2c1CCCC2. The summed E-state index contributed by atoms with van der Waals surface area (Å²) >= 11 is 0. The number of furan rings is 1. The molecule has 1 aromatic carbocycles. The van der Waals surface area contributed by atoms with Gasteiger partial charge in [-0.15, -0.1) is 0 Å². The lowest BCUT2D eigenvalue weighted by molar-refractivity contribution is 0.0696. The summed E-state index contributed by atoms with van der Waals surface area (Å²) in [5, 5.41) is 9.41. The van der Waals surface area contributed by atoms with Crippen LogP contribution in [-0.4, -0.2) is 11.1 Å². The minimum absolute atomic E-state index is 0.357. The zero-order valence-corrected chi connectivity index (χ0v) is 9.98. The Hall–Kier alpha value is -2.03. The van der Waals surface area contributed by atoms with Crippen molar-refractivity contribution in [2.45, 2.75) is 25.7 Å². The molecule has 1 heterocycles. The number of hydrogen-bond acceptors (Lipinski definition) is 2. The molecule has 0 bridgehead atoms. The summed E-state index contributed by atoms with van der Waals surface area (Å²) in [6.07, 6.45) is 3.78. The molecule has 0 unspecified atom stereocenters. The van der Waals surface area contributed by atoms with E-state index in [1.165, 1.54) is 0 Å². The lowest BCUT2D eigenvalue weighted by Crippen LogP contribution is -2.06. The molecule has 1 aliphatic carbocycles. The monoisotopic (exact) mass is 242 g/mol. The largest absolute Gasteiger partial charge is 0.478 e. The highest BCUT2D eigenvalue weighted by molar-refractivity contribution is 5.96. The molecular formula is C15H14O3. The second-order valence-electron chi connectivity index (χ2n) is 4.59. The average molecular weight is 242 g/mol. The number of aryl methyl sites for hydroxylation is 1. The van der Waals surface area contributed by atoms with Crippen molar-refractivity contribution in [3.05, 3.63) is 47.2 Å². The smallest absolute Gasteiger partial charge is 0.339 e. The molecule has 0 saturated carbocycles. The van der Waals surface area contributed by atoms with Gasteiger partial charge in [0.2, 0.25) is 0 Å². The third kappa shape index (κ3) is 1.72. The van der Waals surface area contributed by atoms with Crippen molar-refractivity contribution < 1.29 is 14.3 Å². The molecule has 3 rings (SSSR count). The van der Waals surface area contributed by atoms with Crippen molar-refractivity contribution in [2.24, 2.45) is 0 Å². The zero-order valence-electron chi connectivity index (χ0n) is 9.98. The van der Waals surface area contributed by atoms with Crippen molar-refractivity contribution >= 4 is 5.97 Å². The van der Waals surface area contributed by atoms with Gasteiger partial charge in [-0.2, -0.15) is 0 Å². The Kier molecular flexibility index (Phi) is 2.67. The number of benzene rings is 1. The maximum atomic E-state index is 11.5. The fourth-order valence-electron chi connectivity index (χ4n) is 2.58. The molecule has 0 radical (unpaired) electrons. The van der Waals surface area contributed by atoms with E-state index in [0.29, 0.717) is 11.3 Å². The first-order chi connectivity index (χ1) is 8.77. The highest BCUT2D eigenvalue weighted by atomic mass is 16.4. The van der Waals surface area contributed by atoms with Crippen molar-refractivity contribution in [3.63, 3.8) is 0 Å². The minimum atomic E-state index is -0.888. The highest BCUT2D eigenvalue weighted by Gasteiger charge is 2.27. The molecule has 0 saturated heterocycles. The lowest BCUT2D eigenvalue weighted by atomic mass is 9.94. The third-order valence-electron chi connectivity index (χ3n) is 3.42. The normalized spacial score (nSPS) is 14.2. The van der Waals surface area contributed by atoms with Gasteiger partial charge in [-0.25, -0.2) is 4.79 Å². The second kappa shape index (κ2) is 4.33. The Morgan fingerprint density at radius 2 is 1.83 bits per heavy atom. The number of fused-ring (bicyclic) bond motifs is 1. The molecule has 1 N–H and O–H groups in total. The molecule has 2 aromatic rings. The molecule has 0 atom stereocenters. The number of carboxylic acids is 1. The molecule has 1 aromatic heterocycles. The molecule has 0 amide bonds. The molecule has 0 aliphatic heterocycles.